The number of halogens is 3. The van der Waals surface area contributed by atoms with Crippen LogP contribution in [-0.4, -0.2) is 27.0 Å². The SMILES string of the molecule is CCC(CC)C(=O)/C=C(\O)C(CC)CC.Cc1[c-]c(-c2ccc3c(C4CCCC4CC(F)(F)F)cccc3n2)c2oc3nc(C)ccc3c2c1.[Ir]. The molecule has 1 aliphatic carbocycles. The molecule has 5 aromatic rings. The number of aliphatic hydroxyl groups is 1. The van der Waals surface area contributed by atoms with Gasteiger partial charge in [0.05, 0.1) is 16.9 Å². The standard InChI is InChI=1S/C29H24F3N2O.C13H24O2.Ir/c1-16-13-23-22-10-9-17(2)33-28(22)35-27(23)24(14-16)26-12-11-21-20(7-4-8-25(21)34-26)19-6-3-5-18(19)15-29(30,31)32;1-5-10(6-2)12(14)9-13(15)11(7-3)8-4;/h4,7-13,18-19H,3,5-6,15H2,1-2H3;9-11,14H,5-8H2,1-4H3;/q-1;;/b;12-9-;. The van der Waals surface area contributed by atoms with Crippen molar-refractivity contribution < 1.29 is 47.6 Å². The van der Waals surface area contributed by atoms with Crippen LogP contribution in [0.2, 0.25) is 0 Å². The number of aryl methyl sites for hydroxylation is 2. The number of carbonyl (C=O) groups excluding carboxylic acids is 1. The molecule has 3 heterocycles. The van der Waals surface area contributed by atoms with E-state index in [2.05, 4.69) is 11.1 Å². The zero-order valence-corrected chi connectivity index (χ0v) is 32.7. The summed E-state index contributed by atoms with van der Waals surface area (Å²) >= 11 is 0. The summed E-state index contributed by atoms with van der Waals surface area (Å²) in [4.78, 5) is 21.2. The number of allylic oxidation sites excluding steroid dienone is 2. The molecule has 6 rings (SSSR count). The normalized spacial score (nSPS) is 16.6. The van der Waals surface area contributed by atoms with Gasteiger partial charge in [0, 0.05) is 60.9 Å². The molecule has 9 heteroatoms. The number of alkyl halides is 3. The number of ketones is 1. The minimum Gasteiger partial charge on any atom is -0.512 e. The van der Waals surface area contributed by atoms with Gasteiger partial charge in [-0.2, -0.15) is 13.2 Å². The van der Waals surface area contributed by atoms with Crippen molar-refractivity contribution in [3.05, 3.63) is 83.3 Å². The molecular formula is C42H48F3IrN2O3-. The molecular weight excluding hydrogens is 830 g/mol. The summed E-state index contributed by atoms with van der Waals surface area (Å²) in [7, 11) is 0. The number of pyridine rings is 2. The zero-order chi connectivity index (χ0) is 36.2. The molecule has 3 aromatic heterocycles. The Bertz CT molecular complexity index is 1990. The average molecular weight is 878 g/mol. The van der Waals surface area contributed by atoms with Gasteiger partial charge in [-0.3, -0.25) is 9.78 Å². The number of rotatable bonds is 10. The molecule has 275 valence electrons. The molecule has 1 fully saturated rings. The number of hydrogen-bond donors (Lipinski definition) is 1. The maximum atomic E-state index is 13.2. The molecule has 5 nitrogen and oxygen atoms in total. The maximum absolute atomic E-state index is 13.2. The number of hydrogen-bond acceptors (Lipinski definition) is 5. The quantitative estimate of drug-likeness (QED) is 0.0859. The van der Waals surface area contributed by atoms with E-state index < -0.39 is 12.6 Å². The van der Waals surface area contributed by atoms with Gasteiger partial charge in [-0.1, -0.05) is 76.3 Å². The van der Waals surface area contributed by atoms with Crippen LogP contribution in [0.5, 0.6) is 0 Å². The summed E-state index contributed by atoms with van der Waals surface area (Å²) in [5, 5.41) is 12.6. The number of fused-ring (bicyclic) bond motifs is 4. The van der Waals surface area contributed by atoms with E-state index in [0.717, 1.165) is 88.3 Å². The Labute approximate surface area is 312 Å². The van der Waals surface area contributed by atoms with Crippen molar-refractivity contribution in [1.29, 1.82) is 0 Å². The van der Waals surface area contributed by atoms with Crippen LogP contribution in [0, 0.1) is 37.7 Å². The second-order valence-electron chi connectivity index (χ2n) is 13.7. The van der Waals surface area contributed by atoms with Crippen molar-refractivity contribution in [1.82, 2.24) is 9.97 Å². The molecule has 1 saturated carbocycles. The van der Waals surface area contributed by atoms with Gasteiger partial charge in [-0.05, 0) is 86.7 Å². The van der Waals surface area contributed by atoms with Crippen molar-refractivity contribution in [2.75, 3.05) is 0 Å². The molecule has 2 atom stereocenters. The van der Waals surface area contributed by atoms with Crippen molar-refractivity contribution in [3.8, 4) is 11.3 Å². The van der Waals surface area contributed by atoms with Gasteiger partial charge in [0.1, 0.15) is 0 Å². The van der Waals surface area contributed by atoms with Crippen molar-refractivity contribution in [3.63, 3.8) is 0 Å². The van der Waals surface area contributed by atoms with Crippen LogP contribution in [0.3, 0.4) is 0 Å². The van der Waals surface area contributed by atoms with Gasteiger partial charge in [-0.15, -0.1) is 17.7 Å². The Morgan fingerprint density at radius 3 is 2.29 bits per heavy atom. The summed E-state index contributed by atoms with van der Waals surface area (Å²) in [6, 6.07) is 19.1. The Kier molecular flexibility index (Phi) is 13.7. The predicted octanol–water partition coefficient (Wildman–Crippen LogP) is 12.3. The first-order valence-corrected chi connectivity index (χ1v) is 18.0. The van der Waals surface area contributed by atoms with Crippen LogP contribution in [0.4, 0.5) is 13.2 Å². The second kappa shape index (κ2) is 17.3. The molecule has 0 aliphatic heterocycles. The van der Waals surface area contributed by atoms with Gasteiger partial charge in [0.25, 0.3) is 0 Å². The minimum absolute atomic E-state index is 0. The minimum atomic E-state index is -4.14. The molecule has 2 unspecified atom stereocenters. The second-order valence-corrected chi connectivity index (χ2v) is 13.7. The monoisotopic (exact) mass is 878 g/mol. The summed E-state index contributed by atoms with van der Waals surface area (Å²) in [5.41, 5.74) is 6.34. The van der Waals surface area contributed by atoms with E-state index in [1.807, 2.05) is 90.1 Å². The molecule has 51 heavy (non-hydrogen) atoms. The molecule has 0 bridgehead atoms. The molecule has 0 saturated heterocycles. The van der Waals surface area contributed by atoms with Gasteiger partial charge in [0.2, 0.25) is 5.71 Å². The molecule has 1 radical (unpaired) electrons. The van der Waals surface area contributed by atoms with E-state index in [0.29, 0.717) is 17.7 Å². The summed E-state index contributed by atoms with van der Waals surface area (Å²) in [6.45, 7) is 12.0. The van der Waals surface area contributed by atoms with E-state index in [9.17, 15) is 23.1 Å². The van der Waals surface area contributed by atoms with Gasteiger partial charge < -0.3 is 9.52 Å². The number of furan rings is 1. The summed E-state index contributed by atoms with van der Waals surface area (Å²) in [6.07, 6.45) is 2.25. The van der Waals surface area contributed by atoms with E-state index in [4.69, 9.17) is 9.40 Å². The number of aromatic nitrogens is 2. The molecule has 1 aliphatic rings. The van der Waals surface area contributed by atoms with Gasteiger partial charge >= 0.3 is 6.18 Å². The first kappa shape index (κ1) is 40.2. The van der Waals surface area contributed by atoms with Crippen LogP contribution in [0.1, 0.15) is 102 Å². The van der Waals surface area contributed by atoms with Crippen LogP contribution in [0.25, 0.3) is 44.2 Å². The topological polar surface area (TPSA) is 76.2 Å². The van der Waals surface area contributed by atoms with Gasteiger partial charge in [0.15, 0.2) is 5.78 Å². The van der Waals surface area contributed by atoms with Crippen LogP contribution in [0.15, 0.2) is 64.8 Å². The third-order valence-corrected chi connectivity index (χ3v) is 10.3. The maximum Gasteiger partial charge on any atom is 0.389 e. The third kappa shape index (κ3) is 9.28. The van der Waals surface area contributed by atoms with Crippen molar-refractivity contribution >= 4 is 38.8 Å². The Morgan fingerprint density at radius 1 is 0.941 bits per heavy atom. The fourth-order valence-electron chi connectivity index (χ4n) is 7.51. The average Bonchev–Trinajstić information content (AvgIpc) is 3.68. The van der Waals surface area contributed by atoms with Crippen molar-refractivity contribution in [2.24, 2.45) is 17.8 Å². The Balaban J connectivity index is 0.000000312. The third-order valence-electron chi connectivity index (χ3n) is 10.3. The van der Waals surface area contributed by atoms with Gasteiger partial charge in [-0.25, -0.2) is 4.98 Å². The predicted molar refractivity (Wildman–Crippen MR) is 195 cm³/mol. The number of carbonyl (C=O) groups is 1. The largest absolute Gasteiger partial charge is 0.512 e. The van der Waals surface area contributed by atoms with Crippen LogP contribution in [-0.2, 0) is 24.9 Å². The number of nitrogens with zero attached hydrogens (tertiary/aromatic N) is 2. The molecule has 0 amide bonds. The van der Waals surface area contributed by atoms with E-state index in [1.54, 1.807) is 0 Å². The summed E-state index contributed by atoms with van der Waals surface area (Å²) in [5.74, 6) is 0.0672. The van der Waals surface area contributed by atoms with E-state index in [-0.39, 0.29) is 55.3 Å². The molecule has 2 aromatic carbocycles. The number of benzene rings is 2. The summed E-state index contributed by atoms with van der Waals surface area (Å²) < 4.78 is 45.7. The first-order valence-electron chi connectivity index (χ1n) is 18.0. The van der Waals surface area contributed by atoms with Crippen LogP contribution < -0.4 is 0 Å². The Hall–Kier alpha value is -3.55. The fourth-order valence-corrected chi connectivity index (χ4v) is 7.51. The fraction of sp³-hybridized carbons (Fsp3) is 0.452. The molecule has 1 N–H and O–H groups in total. The zero-order valence-electron chi connectivity index (χ0n) is 30.3. The smallest absolute Gasteiger partial charge is 0.389 e. The van der Waals surface area contributed by atoms with Crippen molar-refractivity contribution in [2.45, 2.75) is 105 Å². The Morgan fingerprint density at radius 2 is 1.63 bits per heavy atom. The molecule has 0 spiro atoms. The van der Waals surface area contributed by atoms with E-state index in [1.165, 1.54) is 6.08 Å². The number of aliphatic hydroxyl groups excluding tert-OH is 1. The first-order chi connectivity index (χ1) is 23.9. The van der Waals surface area contributed by atoms with E-state index >= 15 is 0 Å². The van der Waals surface area contributed by atoms with Crippen LogP contribution >= 0.6 is 0 Å².